The van der Waals surface area contributed by atoms with Crippen LogP contribution in [0.4, 0.5) is 0 Å². The van der Waals surface area contributed by atoms with Crippen LogP contribution in [0.2, 0.25) is 0 Å². The zero-order valence-electron chi connectivity index (χ0n) is 10.9. The van der Waals surface area contributed by atoms with E-state index < -0.39 is 0 Å². The minimum atomic E-state index is 1.02. The molecule has 0 bridgehead atoms. The predicted octanol–water partition coefficient (Wildman–Crippen LogP) is 5.04. The van der Waals surface area contributed by atoms with Gasteiger partial charge in [0, 0.05) is 26.4 Å². The van der Waals surface area contributed by atoms with Crippen LogP contribution in [0, 0.1) is 17.4 Å². The van der Waals surface area contributed by atoms with E-state index >= 15 is 0 Å². The topological polar surface area (TPSA) is 4.93 Å². The van der Waals surface area contributed by atoms with Crippen molar-refractivity contribution in [1.29, 1.82) is 0 Å². The Morgan fingerprint density at radius 3 is 2.44 bits per heavy atom. The molecule has 0 saturated heterocycles. The summed E-state index contributed by atoms with van der Waals surface area (Å²) >= 11 is 2.46. The molecule has 2 heteroatoms. The summed E-state index contributed by atoms with van der Waals surface area (Å²) in [6.45, 7) is 7.57. The molecule has 1 heterocycles. The molecule has 0 atom stereocenters. The Bertz CT molecular complexity index is 753. The lowest BCUT2D eigenvalue weighted by Gasteiger charge is -2.05. The van der Waals surface area contributed by atoms with Crippen LogP contribution in [0.3, 0.4) is 0 Å². The number of nitrogens with zero attached hydrogens (tertiary/aromatic N) is 1. The van der Waals surface area contributed by atoms with E-state index in [2.05, 4.69) is 78.3 Å². The average Bonchev–Trinajstić information content (AvgIpc) is 2.63. The van der Waals surface area contributed by atoms with Gasteiger partial charge < -0.3 is 4.57 Å². The van der Waals surface area contributed by atoms with Gasteiger partial charge in [-0.3, -0.25) is 0 Å². The average molecular weight is 349 g/mol. The molecule has 0 saturated carbocycles. The Labute approximate surface area is 121 Å². The molecule has 0 radical (unpaired) electrons. The van der Waals surface area contributed by atoms with Crippen LogP contribution in [0.15, 0.2) is 30.3 Å². The third-order valence-corrected chi connectivity index (χ3v) is 4.35. The number of aryl methyl sites for hydroxylation is 3. The van der Waals surface area contributed by atoms with Crippen LogP contribution >= 0.6 is 22.6 Å². The Morgan fingerprint density at radius 2 is 1.72 bits per heavy atom. The largest absolute Gasteiger partial charge is 0.340 e. The summed E-state index contributed by atoms with van der Waals surface area (Å²) in [7, 11) is 0. The first-order valence-electron chi connectivity index (χ1n) is 6.30. The number of benzene rings is 2. The van der Waals surface area contributed by atoms with Crippen molar-refractivity contribution in [2.24, 2.45) is 0 Å². The summed E-state index contributed by atoms with van der Waals surface area (Å²) in [4.78, 5) is 0. The molecule has 0 aliphatic carbocycles. The van der Waals surface area contributed by atoms with Crippen molar-refractivity contribution in [2.75, 3.05) is 0 Å². The van der Waals surface area contributed by atoms with E-state index in [-0.39, 0.29) is 0 Å². The van der Waals surface area contributed by atoms with Crippen LogP contribution in [-0.4, -0.2) is 4.57 Å². The van der Waals surface area contributed by atoms with E-state index in [4.69, 9.17) is 0 Å². The van der Waals surface area contributed by atoms with Crippen molar-refractivity contribution in [3.05, 3.63) is 45.0 Å². The van der Waals surface area contributed by atoms with Crippen molar-refractivity contribution < 1.29 is 0 Å². The number of hydrogen-bond acceptors (Lipinski definition) is 0. The lowest BCUT2D eigenvalue weighted by atomic mass is 10.1. The van der Waals surface area contributed by atoms with Crippen molar-refractivity contribution in [3.63, 3.8) is 0 Å². The Balaban J connectivity index is 2.61. The van der Waals surface area contributed by atoms with Crippen LogP contribution < -0.4 is 0 Å². The summed E-state index contributed by atoms with van der Waals surface area (Å²) in [6.07, 6.45) is 0. The maximum atomic E-state index is 2.46. The highest BCUT2D eigenvalue weighted by atomic mass is 127. The minimum Gasteiger partial charge on any atom is -0.340 e. The van der Waals surface area contributed by atoms with Crippen LogP contribution in [-0.2, 0) is 6.54 Å². The Morgan fingerprint density at radius 1 is 1.00 bits per heavy atom. The lowest BCUT2D eigenvalue weighted by molar-refractivity contribution is 0.825. The highest BCUT2D eigenvalue weighted by Crippen LogP contribution is 2.33. The number of rotatable bonds is 1. The minimum absolute atomic E-state index is 1.02. The van der Waals surface area contributed by atoms with Gasteiger partial charge in [-0.1, -0.05) is 11.6 Å². The molecular formula is C16H16IN. The molecule has 0 aliphatic heterocycles. The summed E-state index contributed by atoms with van der Waals surface area (Å²) in [6, 6.07) is 11.3. The van der Waals surface area contributed by atoms with Crippen LogP contribution in [0.1, 0.15) is 18.1 Å². The smallest absolute Gasteiger partial charge is 0.0627 e. The van der Waals surface area contributed by atoms with Crippen molar-refractivity contribution in [2.45, 2.75) is 27.3 Å². The highest BCUT2D eigenvalue weighted by molar-refractivity contribution is 14.1. The summed E-state index contributed by atoms with van der Waals surface area (Å²) < 4.78 is 3.77. The molecule has 2 aromatic carbocycles. The SMILES string of the molecule is CCn1c2ccc(C)cc2c2cc(C)cc(I)c21. The van der Waals surface area contributed by atoms with Crippen molar-refractivity contribution in [1.82, 2.24) is 4.57 Å². The van der Waals surface area contributed by atoms with Gasteiger partial charge in [-0.15, -0.1) is 0 Å². The molecule has 1 aromatic heterocycles. The first-order chi connectivity index (χ1) is 8.61. The molecule has 0 unspecified atom stereocenters. The van der Waals surface area contributed by atoms with Gasteiger partial charge in [0.05, 0.1) is 5.52 Å². The summed E-state index contributed by atoms with van der Waals surface area (Å²) in [5.41, 5.74) is 5.39. The number of fused-ring (bicyclic) bond motifs is 3. The van der Waals surface area contributed by atoms with Gasteiger partial charge in [-0.25, -0.2) is 0 Å². The van der Waals surface area contributed by atoms with Gasteiger partial charge in [0.25, 0.3) is 0 Å². The van der Waals surface area contributed by atoms with E-state index in [0.29, 0.717) is 0 Å². The zero-order chi connectivity index (χ0) is 12.9. The highest BCUT2D eigenvalue weighted by Gasteiger charge is 2.12. The van der Waals surface area contributed by atoms with Crippen molar-refractivity contribution in [3.8, 4) is 0 Å². The second-order valence-corrected chi connectivity index (χ2v) is 6.07. The normalized spacial score (nSPS) is 11.6. The maximum Gasteiger partial charge on any atom is 0.0627 e. The Hall–Kier alpha value is -1.03. The molecule has 0 spiro atoms. The zero-order valence-corrected chi connectivity index (χ0v) is 13.1. The van der Waals surface area contributed by atoms with Crippen LogP contribution in [0.25, 0.3) is 21.8 Å². The van der Waals surface area contributed by atoms with Gasteiger partial charge in [-0.2, -0.15) is 0 Å². The quantitative estimate of drug-likeness (QED) is 0.543. The molecule has 0 fully saturated rings. The molecule has 0 N–H and O–H groups in total. The fraction of sp³-hybridized carbons (Fsp3) is 0.250. The van der Waals surface area contributed by atoms with E-state index in [9.17, 15) is 0 Å². The molecule has 0 aliphatic rings. The van der Waals surface area contributed by atoms with Crippen LogP contribution in [0.5, 0.6) is 0 Å². The third-order valence-electron chi connectivity index (χ3n) is 3.53. The van der Waals surface area contributed by atoms with Gasteiger partial charge in [0.15, 0.2) is 0 Å². The monoisotopic (exact) mass is 349 g/mol. The fourth-order valence-corrected chi connectivity index (χ4v) is 3.84. The molecule has 92 valence electrons. The van der Waals surface area contributed by atoms with E-state index in [1.165, 1.54) is 36.5 Å². The third kappa shape index (κ3) is 1.66. The predicted molar refractivity (Wildman–Crippen MR) is 87.3 cm³/mol. The van der Waals surface area contributed by atoms with E-state index in [1.807, 2.05) is 0 Å². The lowest BCUT2D eigenvalue weighted by Crippen LogP contribution is -1.95. The maximum absolute atomic E-state index is 2.46. The van der Waals surface area contributed by atoms with Gasteiger partial charge in [-0.05, 0) is 73.2 Å². The van der Waals surface area contributed by atoms with E-state index in [1.54, 1.807) is 0 Å². The summed E-state index contributed by atoms with van der Waals surface area (Å²) in [5, 5.41) is 2.77. The molecule has 3 aromatic rings. The molecular weight excluding hydrogens is 333 g/mol. The van der Waals surface area contributed by atoms with Gasteiger partial charge >= 0.3 is 0 Å². The molecule has 0 amide bonds. The van der Waals surface area contributed by atoms with Gasteiger partial charge in [0.1, 0.15) is 0 Å². The number of halogens is 1. The van der Waals surface area contributed by atoms with Gasteiger partial charge in [0.2, 0.25) is 0 Å². The number of hydrogen-bond donors (Lipinski definition) is 0. The van der Waals surface area contributed by atoms with E-state index in [0.717, 1.165) is 6.54 Å². The standard InChI is InChI=1S/C16H16IN/c1-4-18-15-6-5-10(2)7-12(15)13-8-11(3)9-14(17)16(13)18/h5-9H,4H2,1-3H3. The second-order valence-electron chi connectivity index (χ2n) is 4.91. The molecule has 18 heavy (non-hydrogen) atoms. The fourth-order valence-electron chi connectivity index (χ4n) is 2.76. The molecule has 1 nitrogen and oxygen atoms in total. The van der Waals surface area contributed by atoms with Crippen molar-refractivity contribution >= 4 is 44.4 Å². The first-order valence-corrected chi connectivity index (χ1v) is 7.38. The number of aromatic nitrogens is 1. The first kappa shape index (κ1) is 12.0. The summed E-state index contributed by atoms with van der Waals surface area (Å²) in [5.74, 6) is 0. The Kier molecular flexibility index (Phi) is 2.85. The second kappa shape index (κ2) is 4.26. The molecule has 3 rings (SSSR count).